The molecule has 7 amide bonds. The Bertz CT molecular complexity index is 5220. The normalized spacial score (nSPS) is 16.1. The Morgan fingerprint density at radius 1 is 0.402 bits per heavy atom. The average Bonchev–Trinajstić information content (AvgIpc) is 1.58. The van der Waals surface area contributed by atoms with Crippen LogP contribution in [0.5, 0.6) is 0 Å². The zero-order valence-corrected chi connectivity index (χ0v) is 76.1. The third kappa shape index (κ3) is 23.5. The standard InChI is InChI=1S/C26H32Cl2N6O6.C16H16Cl2N6O2.C14H19Cl2N3O4.C12H14ClN3O2.C4H3Cl2N3.C4H8O.ClH/c1-24(2,3)39-22(37)33(23(38)40-25(4,5)6)19-16(28)18(29-13-30-19)31-15-12-14(27)17-20(35)32-26(34(17)21(15)36)10-8-7-9-11-26;17-8-6-9(22-13-10(18)12(19)20-7-21-13)15(26)24-11(8)14(25)23-16(24)4-2-1-3-5-16;1-13(2,3)22-11(20)19(12(21)23-14(4,5)6)10-8(15)9(16)17-7-18-10;13-7-6-8(14)11(18)16-9(7)10(17)15-12(16)4-2-1-3-5-12;5-2-3(6)8-1-9-4(2)7;1-2-4-5-3-1;/h12-13H,7-11H2,1-6H3,(H,32,35)(H,29,30,31);6-7H,1-5H2,(H,23,25)(H3,19,20,21,22);7H,1-6H3;6H,1-5,14H2,(H,15,17);1H,(H2,7,8,9);1-4H2;1H. The van der Waals surface area contributed by atoms with Crippen molar-refractivity contribution in [3.8, 4) is 0 Å². The molecule has 7 aromatic heterocycles. The number of nitrogen functional groups attached to an aromatic ring is 3. The number of imide groups is 2. The number of amides is 7. The fourth-order valence-corrected chi connectivity index (χ4v) is 15.4. The molecular formula is C76H93Cl10N21O15. The number of pyridine rings is 3. The molecule has 11 heterocycles. The number of nitrogens with one attached hydrogen (secondary N) is 5. The first-order chi connectivity index (χ1) is 56.5. The van der Waals surface area contributed by atoms with Crippen molar-refractivity contribution < 1.29 is 57.2 Å². The largest absolute Gasteiger partial charge is 0.443 e. The minimum absolute atomic E-state index is 0. The first-order valence-corrected chi connectivity index (χ1v) is 41.5. The van der Waals surface area contributed by atoms with Crippen molar-refractivity contribution in [2.45, 2.75) is 232 Å². The fraction of sp³-hybridized carbons (Fsp3) is 0.500. The predicted octanol–water partition coefficient (Wildman–Crippen LogP) is 16.8. The summed E-state index contributed by atoms with van der Waals surface area (Å²) in [4.78, 5) is 159. The highest BCUT2D eigenvalue weighted by Crippen LogP contribution is 2.44. The molecule has 3 aliphatic carbocycles. The topological polar surface area (TPSA) is 479 Å². The van der Waals surface area contributed by atoms with Crippen LogP contribution in [0.4, 0.5) is 71.1 Å². The van der Waals surface area contributed by atoms with E-state index in [1.54, 1.807) is 83.1 Å². The van der Waals surface area contributed by atoms with E-state index < -0.39 is 75.2 Å². The molecule has 0 radical (unpaired) electrons. The molecule has 0 aromatic carbocycles. The summed E-state index contributed by atoms with van der Waals surface area (Å²) in [7, 11) is 0. The van der Waals surface area contributed by atoms with Gasteiger partial charge in [0.05, 0.1) is 20.8 Å². The zero-order chi connectivity index (χ0) is 89.4. The van der Waals surface area contributed by atoms with Crippen LogP contribution in [0, 0.1) is 0 Å². The van der Waals surface area contributed by atoms with Crippen LogP contribution in [0.15, 0.2) is 57.9 Å². The highest BCUT2D eigenvalue weighted by Gasteiger charge is 2.49. The molecule has 122 heavy (non-hydrogen) atoms. The molecule has 3 spiro atoms. The Hall–Kier alpha value is -9.08. The Morgan fingerprint density at radius 3 is 1.02 bits per heavy atom. The van der Waals surface area contributed by atoms with E-state index in [-0.39, 0.29) is 150 Å². The number of carbonyl (C=O) groups excluding carboxylic acids is 7. The Balaban J connectivity index is 0.000000197. The minimum Gasteiger partial charge on any atom is -0.443 e. The maximum Gasteiger partial charge on any atom is 0.425 e. The molecule has 7 aliphatic rings. The van der Waals surface area contributed by atoms with Crippen molar-refractivity contribution in [3.63, 3.8) is 0 Å². The monoisotopic (exact) mass is 1890 g/mol. The van der Waals surface area contributed by atoms with Crippen molar-refractivity contribution in [2.24, 2.45) is 0 Å². The lowest BCUT2D eigenvalue weighted by molar-refractivity contribution is 0.0406. The van der Waals surface area contributed by atoms with Crippen LogP contribution >= 0.6 is 117 Å². The lowest BCUT2D eigenvalue weighted by Gasteiger charge is -2.35. The summed E-state index contributed by atoms with van der Waals surface area (Å²) >= 11 is 54.3. The van der Waals surface area contributed by atoms with Crippen LogP contribution < -0.4 is 70.3 Å². The summed E-state index contributed by atoms with van der Waals surface area (Å²) in [6, 6.07) is 4.08. The molecule has 0 unspecified atom stereocenters. The number of ether oxygens (including phenoxy) is 5. The summed E-state index contributed by atoms with van der Waals surface area (Å²) in [5.74, 6) is -1.15. The molecular weight excluding hydrogens is 1800 g/mol. The van der Waals surface area contributed by atoms with Gasteiger partial charge in [0.25, 0.3) is 34.4 Å². The summed E-state index contributed by atoms with van der Waals surface area (Å²) < 4.78 is 30.5. The van der Waals surface area contributed by atoms with E-state index >= 15 is 0 Å². The molecule has 1 saturated heterocycles. The van der Waals surface area contributed by atoms with Crippen LogP contribution in [0.3, 0.4) is 0 Å². The zero-order valence-electron chi connectivity index (χ0n) is 68.5. The first-order valence-electron chi connectivity index (χ1n) is 38.1. The molecule has 662 valence electrons. The predicted molar refractivity (Wildman–Crippen MR) is 468 cm³/mol. The molecule has 11 N–H and O–H groups in total. The maximum atomic E-state index is 13.7. The number of anilines is 9. The maximum absolute atomic E-state index is 13.7. The van der Waals surface area contributed by atoms with E-state index in [0.29, 0.717) is 35.5 Å². The van der Waals surface area contributed by atoms with Crippen LogP contribution in [0.2, 0.25) is 45.5 Å². The van der Waals surface area contributed by atoms with Crippen molar-refractivity contribution >= 4 is 211 Å². The molecule has 3 saturated carbocycles. The molecule has 4 fully saturated rings. The van der Waals surface area contributed by atoms with Gasteiger partial charge in [-0.1, -0.05) is 124 Å². The number of hydrogen-bond donors (Lipinski definition) is 8. The SMILES string of the molecule is C1CCOC1.CC(C)(C)OC(=O)N(C(=O)OC(C)(C)C)c1ncnc(Cl)c1Cl.CC(C)(C)OC(=O)N(C(=O)OC(C)(C)C)c1ncnc(Nc2cc(Cl)c3n(c2=O)C2(CCCCC2)NC3=O)c1Cl.Cl.Nc1cc(Cl)c2n(c1=O)C1(CCCCC1)NC2=O.Nc1ncnc(Cl)c1Cl.Nc1ncnc(Nc2cc(Cl)c3n(c2=O)C2(CCCCC2)NC3=O)c1Cl. The Kier molecular flexibility index (Phi) is 32.5. The summed E-state index contributed by atoms with van der Waals surface area (Å²) in [5, 5.41) is 15.0. The first kappa shape index (κ1) is 98.4. The van der Waals surface area contributed by atoms with E-state index in [2.05, 4.69) is 66.5 Å². The van der Waals surface area contributed by atoms with E-state index in [0.717, 1.165) is 96.5 Å². The highest BCUT2D eigenvalue weighted by atomic mass is 35.5. The van der Waals surface area contributed by atoms with Crippen LogP contribution in [-0.2, 0) is 40.7 Å². The van der Waals surface area contributed by atoms with Crippen molar-refractivity contribution in [2.75, 3.05) is 50.8 Å². The number of rotatable bonds is 6. The van der Waals surface area contributed by atoms with Gasteiger partial charge in [0.15, 0.2) is 33.6 Å². The number of nitrogens with zero attached hydrogens (tertiary/aromatic N) is 13. The number of nitrogens with two attached hydrogens (primary N) is 3. The van der Waals surface area contributed by atoms with Gasteiger partial charge in [0.1, 0.15) is 125 Å². The smallest absolute Gasteiger partial charge is 0.425 e. The number of fused-ring (bicyclic) bond motifs is 6. The number of halogens is 10. The second-order valence-corrected chi connectivity index (χ2v) is 35.9. The van der Waals surface area contributed by atoms with E-state index in [4.69, 9.17) is 145 Å². The number of hydrogen-bond acceptors (Lipinski definition) is 28. The number of carbonyl (C=O) groups is 7. The van der Waals surface area contributed by atoms with Crippen LogP contribution in [0.1, 0.15) is 224 Å². The Morgan fingerprint density at radius 2 is 0.697 bits per heavy atom. The van der Waals surface area contributed by atoms with Gasteiger partial charge in [-0.15, -0.1) is 12.4 Å². The van der Waals surface area contributed by atoms with Gasteiger partial charge in [-0.25, -0.2) is 59.0 Å². The van der Waals surface area contributed by atoms with E-state index in [1.807, 2.05) is 0 Å². The summed E-state index contributed by atoms with van der Waals surface area (Å²) in [6.45, 7) is 21.8. The molecule has 14 rings (SSSR count). The van der Waals surface area contributed by atoms with Gasteiger partial charge in [-0.05, 0) is 191 Å². The second kappa shape index (κ2) is 40.3. The molecule has 36 nitrogen and oxygen atoms in total. The van der Waals surface area contributed by atoms with Gasteiger partial charge < -0.3 is 67.5 Å². The average molecular weight is 1900 g/mol. The second-order valence-electron chi connectivity index (χ2n) is 32.5. The van der Waals surface area contributed by atoms with Crippen LogP contribution in [0.25, 0.3) is 0 Å². The van der Waals surface area contributed by atoms with Gasteiger partial charge in [-0.2, -0.15) is 9.80 Å². The third-order valence-corrected chi connectivity index (χ3v) is 21.7. The van der Waals surface area contributed by atoms with Gasteiger partial charge in [0, 0.05) is 13.2 Å². The van der Waals surface area contributed by atoms with Gasteiger partial charge >= 0.3 is 24.4 Å². The molecule has 46 heteroatoms. The van der Waals surface area contributed by atoms with Crippen LogP contribution in [-0.4, -0.2) is 131 Å². The van der Waals surface area contributed by atoms with Crippen molar-refractivity contribution in [1.29, 1.82) is 0 Å². The van der Waals surface area contributed by atoms with Crippen molar-refractivity contribution in [1.82, 2.24) is 69.5 Å². The molecule has 7 aromatic rings. The number of aromatic nitrogens is 11. The van der Waals surface area contributed by atoms with Gasteiger partial charge in [0.2, 0.25) is 0 Å². The van der Waals surface area contributed by atoms with E-state index in [9.17, 15) is 47.9 Å². The lowest BCUT2D eigenvalue weighted by Crippen LogP contribution is -2.48. The van der Waals surface area contributed by atoms with Gasteiger partial charge in [-0.3, -0.25) is 42.5 Å². The Labute approximate surface area is 752 Å². The summed E-state index contributed by atoms with van der Waals surface area (Å²) in [6.07, 6.45) is 15.8. The molecule has 0 bridgehead atoms. The third-order valence-electron chi connectivity index (χ3n) is 18.7. The summed E-state index contributed by atoms with van der Waals surface area (Å²) in [5.41, 5.74) is 10.4. The molecule has 0 atom stereocenters. The van der Waals surface area contributed by atoms with Crippen molar-refractivity contribution in [3.05, 3.63) is 137 Å². The molecule has 4 aliphatic heterocycles. The fourth-order valence-electron chi connectivity index (χ4n) is 13.7. The van der Waals surface area contributed by atoms with E-state index in [1.165, 1.54) is 57.4 Å². The lowest BCUT2D eigenvalue weighted by atomic mass is 9.89. The minimum atomic E-state index is -1.07. The highest BCUT2D eigenvalue weighted by molar-refractivity contribution is 6.44. The quantitative estimate of drug-likeness (QED) is 0.0566.